The molecule has 1 fully saturated rings. The van der Waals surface area contributed by atoms with Crippen LogP contribution >= 0.6 is 22.9 Å². The highest BCUT2D eigenvalue weighted by Crippen LogP contribution is 2.46. The fourth-order valence-corrected chi connectivity index (χ4v) is 4.97. The van der Waals surface area contributed by atoms with Crippen molar-refractivity contribution in [2.24, 2.45) is 0 Å². The van der Waals surface area contributed by atoms with Crippen molar-refractivity contribution in [1.82, 2.24) is 15.1 Å². The van der Waals surface area contributed by atoms with Crippen LogP contribution in [0.1, 0.15) is 66.0 Å². The van der Waals surface area contributed by atoms with E-state index in [1.807, 2.05) is 5.38 Å². The highest BCUT2D eigenvalue weighted by atomic mass is 35.5. The van der Waals surface area contributed by atoms with Crippen LogP contribution in [-0.4, -0.2) is 27.9 Å². The summed E-state index contributed by atoms with van der Waals surface area (Å²) in [6.07, 6.45) is 0.198. The normalized spacial score (nSPS) is 23.1. The van der Waals surface area contributed by atoms with Crippen LogP contribution in [0.15, 0.2) is 17.5 Å². The molecule has 152 valence electrons. The summed E-state index contributed by atoms with van der Waals surface area (Å²) in [6.45, 7) is 0. The van der Waals surface area contributed by atoms with Gasteiger partial charge in [-0.1, -0.05) is 36.9 Å². The van der Waals surface area contributed by atoms with E-state index in [0.29, 0.717) is 0 Å². The smallest absolute Gasteiger partial charge is 0.361 e. The number of fused-ring (bicyclic) bond motifs is 1. The van der Waals surface area contributed by atoms with E-state index in [-0.39, 0.29) is 29.0 Å². The summed E-state index contributed by atoms with van der Waals surface area (Å²) in [5.74, 6) is -0.475. The summed E-state index contributed by atoms with van der Waals surface area (Å²) in [6, 6.07) is 1.21. The Balaban J connectivity index is 1.65. The van der Waals surface area contributed by atoms with Gasteiger partial charge < -0.3 is 10.6 Å². The van der Waals surface area contributed by atoms with Crippen LogP contribution in [0.2, 0.25) is 5.02 Å². The Morgan fingerprint density at radius 3 is 2.71 bits per heavy atom. The maximum atomic E-state index is 13.7. The second kappa shape index (κ2) is 7.59. The number of hydrogen-bond donors (Lipinski definition) is 2. The van der Waals surface area contributed by atoms with Gasteiger partial charge in [-0.15, -0.1) is 11.3 Å². The van der Waals surface area contributed by atoms with Crippen molar-refractivity contribution < 1.29 is 18.0 Å². The summed E-state index contributed by atoms with van der Waals surface area (Å²) in [5.41, 5.74) is -0.157. The molecule has 0 spiro atoms. The number of anilines is 1. The molecule has 4 rings (SSSR count). The van der Waals surface area contributed by atoms with Gasteiger partial charge >= 0.3 is 6.18 Å². The zero-order valence-electron chi connectivity index (χ0n) is 14.9. The Kier molecular flexibility index (Phi) is 5.30. The molecule has 1 amide bonds. The topological polar surface area (TPSA) is 59.0 Å². The van der Waals surface area contributed by atoms with E-state index in [0.717, 1.165) is 41.7 Å². The molecule has 2 aromatic heterocycles. The van der Waals surface area contributed by atoms with E-state index in [1.165, 1.54) is 11.3 Å². The van der Waals surface area contributed by atoms with Gasteiger partial charge in [0, 0.05) is 17.3 Å². The van der Waals surface area contributed by atoms with Gasteiger partial charge in [0.05, 0.1) is 6.04 Å². The Hall–Kier alpha value is -1.74. The first-order chi connectivity index (χ1) is 13.3. The number of aromatic nitrogens is 2. The maximum Gasteiger partial charge on any atom is 0.410 e. The zero-order chi connectivity index (χ0) is 19.9. The second-order valence-corrected chi connectivity index (χ2v) is 8.63. The van der Waals surface area contributed by atoms with Gasteiger partial charge in [0.1, 0.15) is 10.8 Å². The van der Waals surface area contributed by atoms with Crippen molar-refractivity contribution in [3.63, 3.8) is 0 Å². The predicted octanol–water partition coefficient (Wildman–Crippen LogP) is 5.32. The third-order valence-electron chi connectivity index (χ3n) is 5.34. The van der Waals surface area contributed by atoms with E-state index in [2.05, 4.69) is 15.7 Å². The fourth-order valence-electron chi connectivity index (χ4n) is 3.91. The average Bonchev–Trinajstić information content (AvgIpc) is 3.30. The van der Waals surface area contributed by atoms with Crippen molar-refractivity contribution in [3.8, 4) is 0 Å². The van der Waals surface area contributed by atoms with Gasteiger partial charge in [0.15, 0.2) is 11.7 Å². The fraction of sp³-hybridized carbons (Fsp3) is 0.556. The minimum Gasteiger partial charge on any atom is -0.361 e. The Morgan fingerprint density at radius 2 is 2.07 bits per heavy atom. The molecule has 10 heteroatoms. The molecule has 2 N–H and O–H groups in total. The van der Waals surface area contributed by atoms with Crippen LogP contribution in [-0.2, 0) is 0 Å². The lowest BCUT2D eigenvalue weighted by Crippen LogP contribution is -2.37. The molecular formula is C18H20ClF3N4OS. The van der Waals surface area contributed by atoms with E-state index >= 15 is 0 Å². The number of halogens is 4. The number of carbonyl (C=O) groups is 1. The van der Waals surface area contributed by atoms with Gasteiger partial charge in [-0.05, 0) is 24.3 Å². The third-order valence-corrected chi connectivity index (χ3v) is 6.68. The van der Waals surface area contributed by atoms with Crippen molar-refractivity contribution in [3.05, 3.63) is 33.1 Å². The summed E-state index contributed by atoms with van der Waals surface area (Å²) in [5, 5.41) is 11.6. The number of hydrogen-bond acceptors (Lipinski definition) is 4. The van der Waals surface area contributed by atoms with E-state index in [4.69, 9.17) is 11.6 Å². The minimum atomic E-state index is -4.50. The van der Waals surface area contributed by atoms with E-state index in [9.17, 15) is 18.0 Å². The van der Waals surface area contributed by atoms with Crippen LogP contribution in [0.5, 0.6) is 0 Å². The molecule has 0 aromatic carbocycles. The van der Waals surface area contributed by atoms with Crippen molar-refractivity contribution in [2.45, 2.75) is 62.8 Å². The van der Waals surface area contributed by atoms with Gasteiger partial charge in [0.2, 0.25) is 0 Å². The standard InChI is InChI=1S/C18H20ClF3N4OS/c19-14-15(17(27)23-10-5-2-1-3-6-10)25-26-13(18(20,21)22)9-11(24-16(14)26)12-7-4-8-28-12/h4,7-8,10-11,13,24H,1-3,5-6,9H2,(H,23,27)/t11-,13+/m0/s1. The quantitative estimate of drug-likeness (QED) is 0.690. The number of nitrogens with zero attached hydrogens (tertiary/aromatic N) is 2. The second-order valence-electron chi connectivity index (χ2n) is 7.27. The molecule has 0 radical (unpaired) electrons. The van der Waals surface area contributed by atoms with Crippen LogP contribution in [0.3, 0.4) is 0 Å². The number of thiophene rings is 1. The number of rotatable bonds is 3. The largest absolute Gasteiger partial charge is 0.410 e. The molecule has 1 aliphatic carbocycles. The van der Waals surface area contributed by atoms with Crippen molar-refractivity contribution >= 4 is 34.7 Å². The van der Waals surface area contributed by atoms with Crippen LogP contribution in [0.4, 0.5) is 19.0 Å². The number of amides is 1. The Morgan fingerprint density at radius 1 is 1.32 bits per heavy atom. The monoisotopic (exact) mass is 432 g/mol. The molecule has 28 heavy (non-hydrogen) atoms. The zero-order valence-corrected chi connectivity index (χ0v) is 16.5. The summed E-state index contributed by atoms with van der Waals surface area (Å²) >= 11 is 7.70. The molecule has 2 atom stereocenters. The lowest BCUT2D eigenvalue weighted by molar-refractivity contribution is -0.173. The number of carbonyl (C=O) groups excluding carboxylic acids is 1. The molecule has 0 bridgehead atoms. The van der Waals surface area contributed by atoms with Crippen LogP contribution < -0.4 is 10.6 Å². The highest BCUT2D eigenvalue weighted by Gasteiger charge is 2.48. The molecule has 2 aliphatic rings. The van der Waals surface area contributed by atoms with E-state index in [1.54, 1.807) is 12.1 Å². The van der Waals surface area contributed by atoms with Gasteiger partial charge in [-0.25, -0.2) is 4.68 Å². The summed E-state index contributed by atoms with van der Waals surface area (Å²) < 4.78 is 42.0. The number of alkyl halides is 3. The molecule has 3 heterocycles. The van der Waals surface area contributed by atoms with Crippen LogP contribution in [0.25, 0.3) is 0 Å². The lowest BCUT2D eigenvalue weighted by atomic mass is 9.95. The first-order valence-corrected chi connectivity index (χ1v) is 10.6. The molecule has 2 aromatic rings. The summed E-state index contributed by atoms with van der Waals surface area (Å²) in [7, 11) is 0. The molecular weight excluding hydrogens is 413 g/mol. The molecule has 0 saturated heterocycles. The third kappa shape index (κ3) is 3.74. The van der Waals surface area contributed by atoms with Crippen LogP contribution in [0, 0.1) is 0 Å². The Bertz CT molecular complexity index is 846. The molecule has 5 nitrogen and oxygen atoms in total. The molecule has 1 aliphatic heterocycles. The average molecular weight is 433 g/mol. The lowest BCUT2D eigenvalue weighted by Gasteiger charge is -2.32. The summed E-state index contributed by atoms with van der Waals surface area (Å²) in [4.78, 5) is 13.4. The number of nitrogens with one attached hydrogen (secondary N) is 2. The maximum absolute atomic E-state index is 13.7. The minimum absolute atomic E-state index is 0.0151. The van der Waals surface area contributed by atoms with Crippen molar-refractivity contribution in [2.75, 3.05) is 5.32 Å². The molecule has 0 unspecified atom stereocenters. The molecule has 1 saturated carbocycles. The van der Waals surface area contributed by atoms with E-state index < -0.39 is 24.2 Å². The Labute approximate surface area is 169 Å². The SMILES string of the molecule is O=C(NC1CCCCC1)c1nn2c(c1Cl)N[C@H](c1cccs1)C[C@@H]2C(F)(F)F. The van der Waals surface area contributed by atoms with Gasteiger partial charge in [-0.2, -0.15) is 18.3 Å². The predicted molar refractivity (Wildman–Crippen MR) is 102 cm³/mol. The van der Waals surface area contributed by atoms with Gasteiger partial charge in [0.25, 0.3) is 5.91 Å². The van der Waals surface area contributed by atoms with Gasteiger partial charge in [-0.3, -0.25) is 4.79 Å². The highest BCUT2D eigenvalue weighted by molar-refractivity contribution is 7.10. The first-order valence-electron chi connectivity index (χ1n) is 9.30. The van der Waals surface area contributed by atoms with Crippen molar-refractivity contribution in [1.29, 1.82) is 0 Å². The first kappa shape index (κ1) is 19.6.